The zero-order chi connectivity index (χ0) is 13.8. The molecule has 98 valence electrons. The summed E-state index contributed by atoms with van der Waals surface area (Å²) in [5.74, 6) is 0.178. The monoisotopic (exact) mass is 260 g/mol. The SMILES string of the molecule is CC(=O)NNc1ncn(-c2ncccc2C)c(=O)n1. The highest BCUT2D eigenvalue weighted by atomic mass is 16.2. The highest BCUT2D eigenvalue weighted by Crippen LogP contribution is 2.06. The van der Waals surface area contributed by atoms with Crippen LogP contribution in [-0.4, -0.2) is 25.4 Å². The van der Waals surface area contributed by atoms with E-state index in [0.717, 1.165) is 5.56 Å². The van der Waals surface area contributed by atoms with Crippen LogP contribution in [0.5, 0.6) is 0 Å². The Morgan fingerprint density at radius 1 is 1.37 bits per heavy atom. The lowest BCUT2D eigenvalue weighted by Gasteiger charge is -2.08. The highest BCUT2D eigenvalue weighted by molar-refractivity contribution is 5.73. The van der Waals surface area contributed by atoms with E-state index in [1.54, 1.807) is 12.3 Å². The summed E-state index contributed by atoms with van der Waals surface area (Å²) in [5, 5.41) is 0. The van der Waals surface area contributed by atoms with Crippen molar-refractivity contribution in [1.29, 1.82) is 0 Å². The maximum absolute atomic E-state index is 11.9. The van der Waals surface area contributed by atoms with Crippen LogP contribution in [0.4, 0.5) is 5.95 Å². The Balaban J connectivity index is 2.33. The lowest BCUT2D eigenvalue weighted by Crippen LogP contribution is -2.31. The van der Waals surface area contributed by atoms with Crippen LogP contribution in [0.3, 0.4) is 0 Å². The third-order valence-corrected chi connectivity index (χ3v) is 2.26. The molecule has 0 saturated carbocycles. The molecule has 0 bridgehead atoms. The number of amides is 1. The number of hydrazine groups is 1. The molecule has 2 N–H and O–H groups in total. The van der Waals surface area contributed by atoms with E-state index < -0.39 is 5.69 Å². The summed E-state index contributed by atoms with van der Waals surface area (Å²) in [6.45, 7) is 3.16. The van der Waals surface area contributed by atoms with Crippen molar-refractivity contribution >= 4 is 11.9 Å². The number of hydrogen-bond acceptors (Lipinski definition) is 6. The highest BCUT2D eigenvalue weighted by Gasteiger charge is 2.07. The Hall–Kier alpha value is -2.77. The molecule has 0 saturated heterocycles. The van der Waals surface area contributed by atoms with E-state index in [1.807, 2.05) is 13.0 Å². The number of pyridine rings is 1. The minimum atomic E-state index is -0.537. The second-order valence-electron chi connectivity index (χ2n) is 3.78. The minimum absolute atomic E-state index is 0.0186. The lowest BCUT2D eigenvalue weighted by atomic mass is 10.3. The maximum Gasteiger partial charge on any atom is 0.357 e. The molecule has 19 heavy (non-hydrogen) atoms. The second kappa shape index (κ2) is 5.25. The summed E-state index contributed by atoms with van der Waals surface area (Å²) in [4.78, 5) is 34.3. The van der Waals surface area contributed by atoms with Gasteiger partial charge in [-0.05, 0) is 18.6 Å². The van der Waals surface area contributed by atoms with Crippen molar-refractivity contribution in [2.24, 2.45) is 0 Å². The molecule has 0 aliphatic rings. The normalized spacial score (nSPS) is 10.0. The van der Waals surface area contributed by atoms with E-state index in [9.17, 15) is 9.59 Å². The summed E-state index contributed by atoms with van der Waals surface area (Å²) in [6.07, 6.45) is 2.88. The van der Waals surface area contributed by atoms with Crippen LogP contribution in [0.25, 0.3) is 5.82 Å². The van der Waals surface area contributed by atoms with Crippen LogP contribution < -0.4 is 16.5 Å². The Kier molecular flexibility index (Phi) is 3.51. The Labute approximate surface area is 108 Å². The molecule has 2 aromatic heterocycles. The first kappa shape index (κ1) is 12.7. The van der Waals surface area contributed by atoms with Crippen molar-refractivity contribution in [3.8, 4) is 5.82 Å². The van der Waals surface area contributed by atoms with Crippen LogP contribution in [0.15, 0.2) is 29.5 Å². The average Bonchev–Trinajstić information content (AvgIpc) is 2.38. The van der Waals surface area contributed by atoms with Gasteiger partial charge in [0.25, 0.3) is 0 Å². The number of carbonyl (C=O) groups is 1. The van der Waals surface area contributed by atoms with Crippen molar-refractivity contribution < 1.29 is 4.79 Å². The summed E-state index contributed by atoms with van der Waals surface area (Å²) >= 11 is 0. The first-order valence-corrected chi connectivity index (χ1v) is 5.48. The molecule has 0 fully saturated rings. The number of carbonyl (C=O) groups excluding carboxylic acids is 1. The maximum atomic E-state index is 11.9. The smallest absolute Gasteiger partial charge is 0.274 e. The molecule has 0 radical (unpaired) electrons. The van der Waals surface area contributed by atoms with Gasteiger partial charge in [0.1, 0.15) is 12.1 Å². The third kappa shape index (κ3) is 2.92. The van der Waals surface area contributed by atoms with Crippen LogP contribution in [0.1, 0.15) is 12.5 Å². The van der Waals surface area contributed by atoms with Gasteiger partial charge >= 0.3 is 5.69 Å². The molecule has 0 spiro atoms. The van der Waals surface area contributed by atoms with E-state index in [-0.39, 0.29) is 11.9 Å². The van der Waals surface area contributed by atoms with Gasteiger partial charge in [-0.15, -0.1) is 0 Å². The van der Waals surface area contributed by atoms with Crippen molar-refractivity contribution in [2.75, 3.05) is 5.43 Å². The van der Waals surface area contributed by atoms with Crippen LogP contribution in [0.2, 0.25) is 0 Å². The molecule has 0 aromatic carbocycles. The predicted molar refractivity (Wildman–Crippen MR) is 67.6 cm³/mol. The molecule has 0 aliphatic heterocycles. The van der Waals surface area contributed by atoms with E-state index in [4.69, 9.17) is 0 Å². The molecular formula is C11H12N6O2. The predicted octanol–water partition coefficient (Wildman–Crippen LogP) is -0.206. The quantitative estimate of drug-likeness (QED) is 0.741. The number of nitrogens with one attached hydrogen (secondary N) is 2. The molecule has 2 heterocycles. The summed E-state index contributed by atoms with van der Waals surface area (Å²) in [6, 6.07) is 3.61. The molecule has 2 aromatic rings. The van der Waals surface area contributed by atoms with Gasteiger partial charge in [-0.3, -0.25) is 15.6 Å². The largest absolute Gasteiger partial charge is 0.357 e. The number of rotatable bonds is 3. The number of anilines is 1. The van der Waals surface area contributed by atoms with E-state index >= 15 is 0 Å². The lowest BCUT2D eigenvalue weighted by molar-refractivity contribution is -0.118. The first-order valence-electron chi connectivity index (χ1n) is 5.48. The average molecular weight is 260 g/mol. The Morgan fingerprint density at radius 3 is 2.79 bits per heavy atom. The van der Waals surface area contributed by atoms with E-state index in [0.29, 0.717) is 5.82 Å². The van der Waals surface area contributed by atoms with Crippen molar-refractivity contribution in [3.05, 3.63) is 40.7 Å². The number of aromatic nitrogens is 4. The molecule has 0 unspecified atom stereocenters. The fraction of sp³-hybridized carbons (Fsp3) is 0.182. The zero-order valence-electron chi connectivity index (χ0n) is 10.4. The standard InChI is InChI=1S/C11H12N6O2/c1-7-4-3-5-12-9(7)17-6-13-10(14-11(17)19)16-15-8(2)18/h3-6H,1-2H3,(H,15,18)(H,14,16,19). The topological polar surface area (TPSA) is 102 Å². The summed E-state index contributed by atoms with van der Waals surface area (Å²) in [7, 11) is 0. The van der Waals surface area contributed by atoms with E-state index in [2.05, 4.69) is 25.8 Å². The number of nitrogens with zero attached hydrogens (tertiary/aromatic N) is 4. The summed E-state index contributed by atoms with van der Waals surface area (Å²) in [5.41, 5.74) is 5.00. The van der Waals surface area contributed by atoms with Gasteiger partial charge in [0.05, 0.1) is 0 Å². The van der Waals surface area contributed by atoms with Crippen LogP contribution in [0, 0.1) is 6.92 Å². The number of aryl methyl sites for hydroxylation is 1. The van der Waals surface area contributed by atoms with Gasteiger partial charge in [0.2, 0.25) is 11.9 Å². The fourth-order valence-corrected chi connectivity index (χ4v) is 1.41. The minimum Gasteiger partial charge on any atom is -0.274 e. The van der Waals surface area contributed by atoms with Crippen molar-refractivity contribution in [2.45, 2.75) is 13.8 Å². The fourth-order valence-electron chi connectivity index (χ4n) is 1.41. The molecular weight excluding hydrogens is 248 g/mol. The number of hydrogen-bond donors (Lipinski definition) is 2. The third-order valence-electron chi connectivity index (χ3n) is 2.26. The van der Waals surface area contributed by atoms with Gasteiger partial charge in [0, 0.05) is 13.1 Å². The Bertz CT molecular complexity index is 666. The molecule has 2 rings (SSSR count). The second-order valence-corrected chi connectivity index (χ2v) is 3.78. The zero-order valence-corrected chi connectivity index (χ0v) is 10.4. The summed E-state index contributed by atoms with van der Waals surface area (Å²) < 4.78 is 1.23. The van der Waals surface area contributed by atoms with Crippen molar-refractivity contribution in [3.63, 3.8) is 0 Å². The van der Waals surface area contributed by atoms with Crippen LogP contribution in [-0.2, 0) is 4.79 Å². The van der Waals surface area contributed by atoms with Gasteiger partial charge in [-0.2, -0.15) is 4.98 Å². The first-order chi connectivity index (χ1) is 9.08. The molecule has 0 aliphatic carbocycles. The van der Waals surface area contributed by atoms with Gasteiger partial charge in [0.15, 0.2) is 0 Å². The molecule has 8 heteroatoms. The molecule has 0 atom stereocenters. The van der Waals surface area contributed by atoms with Gasteiger partial charge in [-0.25, -0.2) is 19.3 Å². The van der Waals surface area contributed by atoms with Crippen molar-refractivity contribution in [1.82, 2.24) is 24.9 Å². The van der Waals surface area contributed by atoms with E-state index in [1.165, 1.54) is 17.8 Å². The Morgan fingerprint density at radius 2 is 2.16 bits per heavy atom. The van der Waals surface area contributed by atoms with Gasteiger partial charge < -0.3 is 0 Å². The molecule has 1 amide bonds. The molecule has 8 nitrogen and oxygen atoms in total. The van der Waals surface area contributed by atoms with Crippen LogP contribution >= 0.6 is 0 Å². The van der Waals surface area contributed by atoms with Gasteiger partial charge in [-0.1, -0.05) is 6.07 Å².